The van der Waals surface area contributed by atoms with E-state index in [1.54, 1.807) is 6.33 Å². The Morgan fingerprint density at radius 3 is 2.29 bits per heavy atom. The van der Waals surface area contributed by atoms with E-state index in [1.165, 1.54) is 0 Å². The maximum Gasteiger partial charge on any atom is 0.146 e. The smallest absolute Gasteiger partial charge is 0.146 e. The molecule has 0 radical (unpaired) electrons. The zero-order valence-corrected chi connectivity index (χ0v) is 12.6. The van der Waals surface area contributed by atoms with Crippen LogP contribution in [0.4, 0.5) is 11.6 Å². The quantitative estimate of drug-likeness (QED) is 0.842. The van der Waals surface area contributed by atoms with Crippen LogP contribution in [-0.2, 0) is 0 Å². The van der Waals surface area contributed by atoms with Crippen LogP contribution in [0.1, 0.15) is 40.5 Å². The molecule has 96 valence electrons. The van der Waals surface area contributed by atoms with Crippen molar-refractivity contribution in [3.05, 3.63) is 10.8 Å². The Morgan fingerprint density at radius 1 is 1.18 bits per heavy atom. The molecule has 0 spiro atoms. The standard InChI is InChI=1S/C12H21BrN4/c1-5-12(4,6-2)17-11-9(13)10(14-7-3)15-8-16-11/h8H,5-7H2,1-4H3,(H2,14,15,16,17). The molecular weight excluding hydrogens is 280 g/mol. The Kier molecular flexibility index (Phi) is 5.18. The van der Waals surface area contributed by atoms with E-state index in [1.807, 2.05) is 6.92 Å². The number of hydrogen-bond acceptors (Lipinski definition) is 4. The molecular formula is C12H21BrN4. The van der Waals surface area contributed by atoms with Crippen molar-refractivity contribution in [2.45, 2.75) is 46.1 Å². The zero-order chi connectivity index (χ0) is 12.9. The topological polar surface area (TPSA) is 49.8 Å². The molecule has 1 heterocycles. The molecule has 0 aromatic carbocycles. The van der Waals surface area contributed by atoms with Crippen molar-refractivity contribution in [1.82, 2.24) is 9.97 Å². The number of rotatable bonds is 6. The first-order valence-electron chi connectivity index (χ1n) is 6.08. The van der Waals surface area contributed by atoms with Crippen LogP contribution >= 0.6 is 15.9 Å². The highest BCUT2D eigenvalue weighted by molar-refractivity contribution is 9.10. The second-order valence-electron chi connectivity index (χ2n) is 4.31. The van der Waals surface area contributed by atoms with Gasteiger partial charge in [-0.05, 0) is 42.6 Å². The maximum atomic E-state index is 4.29. The van der Waals surface area contributed by atoms with Gasteiger partial charge in [0.15, 0.2) is 0 Å². The lowest BCUT2D eigenvalue weighted by molar-refractivity contribution is 0.476. The van der Waals surface area contributed by atoms with Crippen molar-refractivity contribution < 1.29 is 0 Å². The Labute approximate surface area is 112 Å². The van der Waals surface area contributed by atoms with Gasteiger partial charge in [-0.1, -0.05) is 13.8 Å². The SMILES string of the molecule is CCNc1ncnc(NC(C)(CC)CC)c1Br. The fourth-order valence-electron chi connectivity index (χ4n) is 1.46. The van der Waals surface area contributed by atoms with E-state index in [-0.39, 0.29) is 5.54 Å². The van der Waals surface area contributed by atoms with Gasteiger partial charge in [-0.15, -0.1) is 0 Å². The van der Waals surface area contributed by atoms with Crippen LogP contribution in [0.5, 0.6) is 0 Å². The van der Waals surface area contributed by atoms with Crippen molar-refractivity contribution in [3.63, 3.8) is 0 Å². The van der Waals surface area contributed by atoms with Gasteiger partial charge in [-0.3, -0.25) is 0 Å². The van der Waals surface area contributed by atoms with Crippen LogP contribution in [0.15, 0.2) is 10.8 Å². The van der Waals surface area contributed by atoms with Crippen molar-refractivity contribution in [1.29, 1.82) is 0 Å². The van der Waals surface area contributed by atoms with Gasteiger partial charge >= 0.3 is 0 Å². The third kappa shape index (κ3) is 3.56. The third-order valence-electron chi connectivity index (χ3n) is 3.11. The maximum absolute atomic E-state index is 4.29. The van der Waals surface area contributed by atoms with E-state index >= 15 is 0 Å². The van der Waals surface area contributed by atoms with E-state index in [4.69, 9.17) is 0 Å². The van der Waals surface area contributed by atoms with Crippen LogP contribution in [0.2, 0.25) is 0 Å². The molecule has 0 fully saturated rings. The van der Waals surface area contributed by atoms with Gasteiger partial charge in [0.1, 0.15) is 22.4 Å². The Morgan fingerprint density at radius 2 is 1.76 bits per heavy atom. The summed E-state index contributed by atoms with van der Waals surface area (Å²) in [5.41, 5.74) is 0.0698. The monoisotopic (exact) mass is 300 g/mol. The van der Waals surface area contributed by atoms with Crippen LogP contribution in [-0.4, -0.2) is 22.1 Å². The second-order valence-corrected chi connectivity index (χ2v) is 5.10. The Hall–Kier alpha value is -0.840. The molecule has 0 bridgehead atoms. The summed E-state index contributed by atoms with van der Waals surface area (Å²) in [6.07, 6.45) is 3.68. The minimum absolute atomic E-state index is 0.0698. The summed E-state index contributed by atoms with van der Waals surface area (Å²) in [5.74, 6) is 1.68. The first-order chi connectivity index (χ1) is 8.06. The van der Waals surface area contributed by atoms with Crippen LogP contribution in [0.3, 0.4) is 0 Å². The predicted molar refractivity (Wildman–Crippen MR) is 76.5 cm³/mol. The largest absolute Gasteiger partial charge is 0.369 e. The molecule has 1 aromatic heterocycles. The number of nitrogens with one attached hydrogen (secondary N) is 2. The molecule has 17 heavy (non-hydrogen) atoms. The van der Waals surface area contributed by atoms with E-state index in [9.17, 15) is 0 Å². The van der Waals surface area contributed by atoms with Gasteiger partial charge < -0.3 is 10.6 Å². The molecule has 1 aromatic rings. The van der Waals surface area contributed by atoms with Crippen molar-refractivity contribution in [3.8, 4) is 0 Å². The van der Waals surface area contributed by atoms with E-state index in [2.05, 4.69) is 57.3 Å². The van der Waals surface area contributed by atoms with Crippen LogP contribution < -0.4 is 10.6 Å². The van der Waals surface area contributed by atoms with Crippen LogP contribution in [0.25, 0.3) is 0 Å². The molecule has 0 aliphatic carbocycles. The lowest BCUT2D eigenvalue weighted by atomic mass is 9.96. The number of hydrogen-bond donors (Lipinski definition) is 2. The van der Waals surface area contributed by atoms with Crippen LogP contribution in [0, 0.1) is 0 Å². The minimum atomic E-state index is 0.0698. The predicted octanol–water partition coefficient (Wildman–Crippen LogP) is 3.66. The summed E-state index contributed by atoms with van der Waals surface area (Å²) < 4.78 is 0.898. The number of halogens is 1. The molecule has 0 aliphatic heterocycles. The summed E-state index contributed by atoms with van der Waals surface area (Å²) in [5, 5.41) is 6.68. The Bertz CT molecular complexity index is 364. The van der Waals surface area contributed by atoms with E-state index in [0.29, 0.717) is 0 Å². The lowest BCUT2D eigenvalue weighted by Gasteiger charge is -2.29. The molecule has 0 aliphatic rings. The van der Waals surface area contributed by atoms with Gasteiger partial charge in [0.05, 0.1) is 0 Å². The zero-order valence-electron chi connectivity index (χ0n) is 11.0. The summed E-state index contributed by atoms with van der Waals surface area (Å²) in [6.45, 7) is 9.44. The minimum Gasteiger partial charge on any atom is -0.369 e. The summed E-state index contributed by atoms with van der Waals surface area (Å²) in [6, 6.07) is 0. The van der Waals surface area contributed by atoms with Gasteiger partial charge in [-0.25, -0.2) is 9.97 Å². The molecule has 5 heteroatoms. The molecule has 0 unspecified atom stereocenters. The van der Waals surface area contributed by atoms with E-state index < -0.39 is 0 Å². The van der Waals surface area contributed by atoms with Gasteiger partial charge in [0.2, 0.25) is 0 Å². The molecule has 0 saturated heterocycles. The highest BCUT2D eigenvalue weighted by atomic mass is 79.9. The molecule has 0 amide bonds. The first-order valence-corrected chi connectivity index (χ1v) is 6.88. The van der Waals surface area contributed by atoms with Crippen molar-refractivity contribution in [2.24, 2.45) is 0 Å². The number of aromatic nitrogens is 2. The second kappa shape index (κ2) is 6.19. The number of anilines is 2. The normalized spacial score (nSPS) is 11.4. The van der Waals surface area contributed by atoms with E-state index in [0.717, 1.165) is 35.5 Å². The summed E-state index contributed by atoms with van der Waals surface area (Å²) in [7, 11) is 0. The third-order valence-corrected chi connectivity index (χ3v) is 3.87. The number of nitrogens with zero attached hydrogens (tertiary/aromatic N) is 2. The summed E-state index contributed by atoms with van der Waals surface area (Å²) >= 11 is 3.54. The van der Waals surface area contributed by atoms with Gasteiger partial charge in [0, 0.05) is 12.1 Å². The van der Waals surface area contributed by atoms with Crippen molar-refractivity contribution in [2.75, 3.05) is 17.2 Å². The molecule has 1 rings (SSSR count). The fourth-order valence-corrected chi connectivity index (χ4v) is 1.90. The first kappa shape index (κ1) is 14.2. The van der Waals surface area contributed by atoms with Gasteiger partial charge in [-0.2, -0.15) is 0 Å². The molecule has 0 saturated carbocycles. The molecule has 2 N–H and O–H groups in total. The average Bonchev–Trinajstić information content (AvgIpc) is 2.34. The average molecular weight is 301 g/mol. The molecule has 0 atom stereocenters. The Balaban J connectivity index is 2.95. The highest BCUT2D eigenvalue weighted by Crippen LogP contribution is 2.30. The molecule has 4 nitrogen and oxygen atoms in total. The lowest BCUT2D eigenvalue weighted by Crippen LogP contribution is -2.33. The highest BCUT2D eigenvalue weighted by Gasteiger charge is 2.21. The summed E-state index contributed by atoms with van der Waals surface area (Å²) in [4.78, 5) is 8.49. The van der Waals surface area contributed by atoms with Gasteiger partial charge in [0.25, 0.3) is 0 Å². The fraction of sp³-hybridized carbons (Fsp3) is 0.667. The van der Waals surface area contributed by atoms with Crippen molar-refractivity contribution >= 4 is 27.6 Å².